The number of rotatable bonds is 7. The number of primary amides is 1. The van der Waals surface area contributed by atoms with Crippen molar-refractivity contribution in [3.63, 3.8) is 0 Å². The van der Waals surface area contributed by atoms with Gasteiger partial charge in [0.15, 0.2) is 0 Å². The predicted molar refractivity (Wildman–Crippen MR) is 127 cm³/mol. The number of carbonyl (C=O) groups is 3. The Labute approximate surface area is 204 Å². The lowest BCUT2D eigenvalue weighted by atomic mass is 10.1. The average Bonchev–Trinajstić information content (AvgIpc) is 3.24. The summed E-state index contributed by atoms with van der Waals surface area (Å²) in [5, 5.41) is 3.82. The summed E-state index contributed by atoms with van der Waals surface area (Å²) in [6, 6.07) is 10.7. The van der Waals surface area contributed by atoms with Crippen molar-refractivity contribution in [3.8, 4) is 0 Å². The van der Waals surface area contributed by atoms with Crippen molar-refractivity contribution in [1.29, 1.82) is 0 Å². The van der Waals surface area contributed by atoms with Crippen LogP contribution in [0.5, 0.6) is 0 Å². The minimum absolute atomic E-state index is 0.105. The lowest BCUT2D eigenvalue weighted by Gasteiger charge is -2.22. The maximum atomic E-state index is 13.8. The fourth-order valence-electron chi connectivity index (χ4n) is 4.14. The van der Waals surface area contributed by atoms with Gasteiger partial charge < -0.3 is 16.0 Å². The number of aromatic nitrogens is 2. The van der Waals surface area contributed by atoms with E-state index in [1.165, 1.54) is 16.8 Å². The van der Waals surface area contributed by atoms with Gasteiger partial charge in [0.25, 0.3) is 11.5 Å². The van der Waals surface area contributed by atoms with E-state index in [-0.39, 0.29) is 38.0 Å². The standard InChI is InChI=1S/C24H23ClFN5O4/c25-16-5-3-14(4-6-16)12-29-23(34)18-10-15-2-1-8-28-22(15)30(24(18)35)9-7-20(32)31-13-17(26)11-19(31)21(27)33/h1-6,8,10,17,19H,7,9,11-13H2,(H2,27,33)(H,29,34)/t17-,19-/m0/s1. The highest BCUT2D eigenvalue weighted by molar-refractivity contribution is 6.30. The molecule has 4 rings (SSSR count). The van der Waals surface area contributed by atoms with Crippen LogP contribution in [-0.4, -0.2) is 50.9 Å². The molecule has 1 aromatic carbocycles. The summed E-state index contributed by atoms with van der Waals surface area (Å²) in [5.41, 5.74) is 5.69. The normalized spacial score (nSPS) is 17.5. The Kier molecular flexibility index (Phi) is 7.11. The molecular formula is C24H23ClFN5O4. The number of halogens is 2. The largest absolute Gasteiger partial charge is 0.368 e. The number of fused-ring (bicyclic) bond motifs is 1. The molecule has 3 aromatic rings. The second-order valence-corrected chi connectivity index (χ2v) is 8.72. The van der Waals surface area contributed by atoms with Crippen LogP contribution >= 0.6 is 11.6 Å². The Balaban J connectivity index is 1.56. The zero-order valence-corrected chi connectivity index (χ0v) is 19.4. The third-order valence-corrected chi connectivity index (χ3v) is 6.16. The SMILES string of the molecule is NC(=O)[C@@H]1C[C@H](F)CN1C(=O)CCn1c(=O)c(C(=O)NCc2ccc(Cl)cc2)cc2cccnc21. The third kappa shape index (κ3) is 5.32. The number of nitrogens with two attached hydrogens (primary N) is 1. The summed E-state index contributed by atoms with van der Waals surface area (Å²) in [6.07, 6.45) is -0.181. The van der Waals surface area contributed by atoms with E-state index in [0.29, 0.717) is 16.1 Å². The molecule has 0 spiro atoms. The smallest absolute Gasteiger partial charge is 0.265 e. The fourth-order valence-corrected chi connectivity index (χ4v) is 4.26. The van der Waals surface area contributed by atoms with Gasteiger partial charge in [-0.25, -0.2) is 9.37 Å². The number of benzene rings is 1. The Morgan fingerprint density at radius 2 is 1.94 bits per heavy atom. The number of nitrogens with one attached hydrogen (secondary N) is 1. The summed E-state index contributed by atoms with van der Waals surface area (Å²) >= 11 is 5.88. The summed E-state index contributed by atoms with van der Waals surface area (Å²) in [6.45, 7) is -0.150. The molecule has 1 saturated heterocycles. The van der Waals surface area contributed by atoms with Gasteiger partial charge in [0.05, 0.1) is 6.54 Å². The first-order chi connectivity index (χ1) is 16.7. The van der Waals surface area contributed by atoms with Crippen LogP contribution < -0.4 is 16.6 Å². The minimum Gasteiger partial charge on any atom is -0.368 e. The van der Waals surface area contributed by atoms with E-state index in [1.807, 2.05) is 0 Å². The summed E-state index contributed by atoms with van der Waals surface area (Å²) in [5.74, 6) is -1.87. The zero-order chi connectivity index (χ0) is 25.1. The molecule has 0 radical (unpaired) electrons. The van der Waals surface area contributed by atoms with Crippen LogP contribution in [0.15, 0.2) is 53.5 Å². The van der Waals surface area contributed by atoms with Gasteiger partial charge in [-0.05, 0) is 35.9 Å². The molecule has 0 unspecified atom stereocenters. The number of alkyl halides is 1. The molecule has 0 bridgehead atoms. The molecule has 1 aliphatic heterocycles. The lowest BCUT2D eigenvalue weighted by Crippen LogP contribution is -2.44. The van der Waals surface area contributed by atoms with Crippen molar-refractivity contribution in [2.75, 3.05) is 6.54 Å². The number of pyridine rings is 2. The molecule has 1 aliphatic rings. The number of carbonyl (C=O) groups excluding carboxylic acids is 3. The van der Waals surface area contributed by atoms with E-state index >= 15 is 0 Å². The molecule has 0 saturated carbocycles. The number of hydrogen-bond acceptors (Lipinski definition) is 5. The van der Waals surface area contributed by atoms with Gasteiger partial charge in [0.2, 0.25) is 11.8 Å². The fraction of sp³-hybridized carbons (Fsp3) is 0.292. The lowest BCUT2D eigenvalue weighted by molar-refractivity contribution is -0.137. The summed E-state index contributed by atoms with van der Waals surface area (Å²) in [4.78, 5) is 55.8. The molecule has 35 heavy (non-hydrogen) atoms. The first-order valence-corrected chi connectivity index (χ1v) is 11.4. The minimum atomic E-state index is -1.34. The van der Waals surface area contributed by atoms with Gasteiger partial charge in [0.1, 0.15) is 23.4 Å². The average molecular weight is 500 g/mol. The quantitative estimate of drug-likeness (QED) is 0.512. The molecule has 3 amide bonds. The van der Waals surface area contributed by atoms with E-state index in [1.54, 1.807) is 36.4 Å². The first kappa shape index (κ1) is 24.3. The van der Waals surface area contributed by atoms with E-state index in [4.69, 9.17) is 17.3 Å². The molecule has 2 aromatic heterocycles. The van der Waals surface area contributed by atoms with Gasteiger partial charge in [-0.3, -0.25) is 23.7 Å². The molecule has 3 heterocycles. The maximum Gasteiger partial charge on any atom is 0.265 e. The van der Waals surface area contributed by atoms with Crippen LogP contribution in [-0.2, 0) is 22.7 Å². The highest BCUT2D eigenvalue weighted by atomic mass is 35.5. The van der Waals surface area contributed by atoms with Crippen molar-refractivity contribution in [2.24, 2.45) is 5.73 Å². The Morgan fingerprint density at radius 1 is 1.20 bits per heavy atom. The van der Waals surface area contributed by atoms with E-state index < -0.39 is 35.5 Å². The molecule has 182 valence electrons. The van der Waals surface area contributed by atoms with Crippen LogP contribution in [0.1, 0.15) is 28.8 Å². The second-order valence-electron chi connectivity index (χ2n) is 8.29. The molecule has 0 aliphatic carbocycles. The van der Waals surface area contributed by atoms with Crippen LogP contribution in [0.25, 0.3) is 11.0 Å². The Bertz CT molecular complexity index is 1340. The summed E-state index contributed by atoms with van der Waals surface area (Å²) in [7, 11) is 0. The highest BCUT2D eigenvalue weighted by Crippen LogP contribution is 2.21. The van der Waals surface area contributed by atoms with E-state index in [2.05, 4.69) is 10.3 Å². The Morgan fingerprint density at radius 3 is 2.66 bits per heavy atom. The van der Waals surface area contributed by atoms with E-state index in [0.717, 1.165) is 10.5 Å². The molecule has 1 fully saturated rings. The van der Waals surface area contributed by atoms with E-state index in [9.17, 15) is 23.6 Å². The van der Waals surface area contributed by atoms with Crippen molar-refractivity contribution in [2.45, 2.75) is 38.1 Å². The van der Waals surface area contributed by atoms with Crippen molar-refractivity contribution in [3.05, 3.63) is 75.2 Å². The van der Waals surface area contributed by atoms with Gasteiger partial charge in [-0.2, -0.15) is 0 Å². The molecular weight excluding hydrogens is 477 g/mol. The first-order valence-electron chi connectivity index (χ1n) is 11.0. The monoisotopic (exact) mass is 499 g/mol. The van der Waals surface area contributed by atoms with Crippen LogP contribution in [0.2, 0.25) is 5.02 Å². The molecule has 11 heteroatoms. The number of amides is 3. The molecule has 9 nitrogen and oxygen atoms in total. The Hall–Kier alpha value is -3.79. The van der Waals surface area contributed by atoms with Crippen molar-refractivity contribution in [1.82, 2.24) is 19.8 Å². The summed E-state index contributed by atoms with van der Waals surface area (Å²) < 4.78 is 15.1. The second kappa shape index (κ2) is 10.2. The topological polar surface area (TPSA) is 127 Å². The van der Waals surface area contributed by atoms with Gasteiger partial charge in [0, 0.05) is 42.5 Å². The predicted octanol–water partition coefficient (Wildman–Crippen LogP) is 1.79. The third-order valence-electron chi connectivity index (χ3n) is 5.91. The number of aryl methyl sites for hydroxylation is 1. The number of nitrogens with zero attached hydrogens (tertiary/aromatic N) is 3. The number of hydrogen-bond donors (Lipinski definition) is 2. The zero-order valence-electron chi connectivity index (χ0n) is 18.6. The van der Waals surface area contributed by atoms with Crippen LogP contribution in [0, 0.1) is 0 Å². The molecule has 2 atom stereocenters. The van der Waals surface area contributed by atoms with Gasteiger partial charge in [-0.15, -0.1) is 0 Å². The van der Waals surface area contributed by atoms with Crippen LogP contribution in [0.3, 0.4) is 0 Å². The maximum absolute atomic E-state index is 13.8. The van der Waals surface area contributed by atoms with Gasteiger partial charge in [-0.1, -0.05) is 23.7 Å². The van der Waals surface area contributed by atoms with Crippen molar-refractivity contribution < 1.29 is 18.8 Å². The van der Waals surface area contributed by atoms with Gasteiger partial charge >= 0.3 is 0 Å². The van der Waals surface area contributed by atoms with Crippen LogP contribution in [0.4, 0.5) is 4.39 Å². The highest BCUT2D eigenvalue weighted by Gasteiger charge is 2.38. The number of likely N-dealkylation sites (tertiary alicyclic amines) is 1. The molecule has 3 N–H and O–H groups in total. The van der Waals surface area contributed by atoms with Crippen molar-refractivity contribution >= 4 is 40.4 Å².